The number of hydrogen-bond acceptors (Lipinski definition) is 4. The second kappa shape index (κ2) is 6.94. The molecule has 0 spiro atoms. The molecule has 2 N–H and O–H groups in total. The van der Waals surface area contributed by atoms with Gasteiger partial charge in [-0.1, -0.05) is 18.2 Å². The maximum atomic E-state index is 13.0. The molecule has 0 saturated carbocycles. The van der Waals surface area contributed by atoms with E-state index in [4.69, 9.17) is 4.74 Å². The molecule has 128 valence electrons. The Morgan fingerprint density at radius 1 is 1.28 bits per heavy atom. The number of rotatable bonds is 4. The van der Waals surface area contributed by atoms with Gasteiger partial charge >= 0.3 is 0 Å². The van der Waals surface area contributed by atoms with E-state index in [1.807, 2.05) is 47.4 Å². The molecule has 4 rings (SSSR count). The Balaban J connectivity index is 1.50. The molecule has 1 fully saturated rings. The summed E-state index contributed by atoms with van der Waals surface area (Å²) in [6.45, 7) is 2.60. The number of hydrogen-bond donors (Lipinski definition) is 2. The summed E-state index contributed by atoms with van der Waals surface area (Å²) >= 11 is 0. The molecule has 1 amide bonds. The number of nitrogens with zero attached hydrogens (tertiary/aromatic N) is 2. The van der Waals surface area contributed by atoms with E-state index in [9.17, 15) is 4.79 Å². The van der Waals surface area contributed by atoms with Crippen LogP contribution in [-0.2, 0) is 0 Å². The van der Waals surface area contributed by atoms with Crippen molar-refractivity contribution < 1.29 is 9.53 Å². The topological polar surface area (TPSA) is 70.2 Å². The number of amides is 1. The van der Waals surface area contributed by atoms with Gasteiger partial charge in [0.05, 0.1) is 12.2 Å². The molecule has 1 aliphatic heterocycles. The number of H-pyrrole nitrogens is 1. The van der Waals surface area contributed by atoms with Gasteiger partial charge in [-0.3, -0.25) is 9.78 Å². The fourth-order valence-electron chi connectivity index (χ4n) is 3.15. The van der Waals surface area contributed by atoms with Crippen molar-refractivity contribution in [3.05, 3.63) is 60.6 Å². The van der Waals surface area contributed by atoms with E-state index >= 15 is 0 Å². The fourth-order valence-corrected chi connectivity index (χ4v) is 3.15. The van der Waals surface area contributed by atoms with Crippen LogP contribution in [0.5, 0.6) is 5.75 Å². The molecule has 1 aromatic carbocycles. The highest BCUT2D eigenvalue weighted by molar-refractivity contribution is 5.98. The Kier molecular flexibility index (Phi) is 4.35. The normalized spacial score (nSPS) is 17.6. The lowest BCUT2D eigenvalue weighted by molar-refractivity contribution is 0.0554. The molecule has 1 aliphatic rings. The quantitative estimate of drug-likeness (QED) is 0.765. The molecular formula is C19H20N4O2. The maximum Gasteiger partial charge on any atom is 0.270 e. The standard InChI is InChI=1S/C19H20N4O2/c24-19(18-10-14-4-1-2-6-17(14)22-18)23-9-8-21-11-15(23)13-25-16-5-3-7-20-12-16/h1-7,10,12,15,21-22H,8-9,11,13H2. The Labute approximate surface area is 145 Å². The number of piperazine rings is 1. The van der Waals surface area contributed by atoms with Crippen LogP contribution in [0.1, 0.15) is 10.5 Å². The Morgan fingerprint density at radius 3 is 3.04 bits per heavy atom. The van der Waals surface area contributed by atoms with Gasteiger partial charge in [-0.2, -0.15) is 0 Å². The van der Waals surface area contributed by atoms with Crippen LogP contribution < -0.4 is 10.1 Å². The summed E-state index contributed by atoms with van der Waals surface area (Å²) in [5.74, 6) is 0.726. The van der Waals surface area contributed by atoms with Crippen molar-refractivity contribution in [2.24, 2.45) is 0 Å². The van der Waals surface area contributed by atoms with E-state index in [-0.39, 0.29) is 11.9 Å². The SMILES string of the molecule is O=C(c1cc2ccccc2[nH]1)N1CCNCC1COc1cccnc1. The van der Waals surface area contributed by atoms with Crippen LogP contribution in [0.4, 0.5) is 0 Å². The zero-order chi connectivity index (χ0) is 17.1. The summed E-state index contributed by atoms with van der Waals surface area (Å²) < 4.78 is 5.81. The van der Waals surface area contributed by atoms with Crippen molar-refractivity contribution in [1.82, 2.24) is 20.2 Å². The average molecular weight is 336 g/mol. The summed E-state index contributed by atoms with van der Waals surface area (Å²) in [6, 6.07) is 13.5. The largest absolute Gasteiger partial charge is 0.490 e. The predicted molar refractivity (Wildman–Crippen MR) is 95.7 cm³/mol. The summed E-state index contributed by atoms with van der Waals surface area (Å²) in [6.07, 6.45) is 3.39. The van der Waals surface area contributed by atoms with Crippen molar-refractivity contribution in [3.63, 3.8) is 0 Å². The summed E-state index contributed by atoms with van der Waals surface area (Å²) in [4.78, 5) is 22.1. The Hall–Kier alpha value is -2.86. The Morgan fingerprint density at radius 2 is 2.20 bits per heavy atom. The average Bonchev–Trinajstić information content (AvgIpc) is 3.11. The molecular weight excluding hydrogens is 316 g/mol. The van der Waals surface area contributed by atoms with Gasteiger partial charge < -0.3 is 19.9 Å². The van der Waals surface area contributed by atoms with Crippen molar-refractivity contribution >= 4 is 16.8 Å². The highest BCUT2D eigenvalue weighted by atomic mass is 16.5. The van der Waals surface area contributed by atoms with Crippen LogP contribution in [0.25, 0.3) is 10.9 Å². The van der Waals surface area contributed by atoms with Gasteiger partial charge in [0.2, 0.25) is 0 Å². The molecule has 3 aromatic rings. The monoisotopic (exact) mass is 336 g/mol. The van der Waals surface area contributed by atoms with Crippen LogP contribution >= 0.6 is 0 Å². The van der Waals surface area contributed by atoms with Gasteiger partial charge in [0.15, 0.2) is 0 Å². The third-order valence-corrected chi connectivity index (χ3v) is 4.45. The first-order valence-corrected chi connectivity index (χ1v) is 8.43. The number of aromatic amines is 1. The van der Waals surface area contributed by atoms with Crippen LogP contribution in [0.2, 0.25) is 0 Å². The molecule has 1 atom stereocenters. The van der Waals surface area contributed by atoms with Gasteiger partial charge in [0.1, 0.15) is 18.1 Å². The van der Waals surface area contributed by atoms with Gasteiger partial charge in [-0.25, -0.2) is 0 Å². The third kappa shape index (κ3) is 3.34. The lowest BCUT2D eigenvalue weighted by Crippen LogP contribution is -2.56. The predicted octanol–water partition coefficient (Wildman–Crippen LogP) is 2.06. The number of carbonyl (C=O) groups is 1. The van der Waals surface area contributed by atoms with Crippen LogP contribution in [0.15, 0.2) is 54.9 Å². The minimum Gasteiger partial charge on any atom is -0.490 e. The molecule has 2 aromatic heterocycles. The minimum atomic E-state index is -0.0205. The van der Waals surface area contributed by atoms with Crippen molar-refractivity contribution in [3.8, 4) is 5.75 Å². The van der Waals surface area contributed by atoms with Crippen molar-refractivity contribution in [2.45, 2.75) is 6.04 Å². The van der Waals surface area contributed by atoms with Gasteiger partial charge in [0.25, 0.3) is 5.91 Å². The molecule has 0 aliphatic carbocycles. The Bertz CT molecular complexity index is 829. The summed E-state index contributed by atoms with van der Waals surface area (Å²) in [5.41, 5.74) is 1.60. The molecule has 0 radical (unpaired) electrons. The van der Waals surface area contributed by atoms with Crippen LogP contribution in [0, 0.1) is 0 Å². The van der Waals surface area contributed by atoms with Crippen LogP contribution in [-0.4, -0.2) is 53.1 Å². The zero-order valence-electron chi connectivity index (χ0n) is 13.8. The highest BCUT2D eigenvalue weighted by Crippen LogP contribution is 2.18. The molecule has 0 bridgehead atoms. The van der Waals surface area contributed by atoms with E-state index in [1.54, 1.807) is 12.4 Å². The number of para-hydroxylation sites is 1. The number of benzene rings is 1. The van der Waals surface area contributed by atoms with Crippen molar-refractivity contribution in [2.75, 3.05) is 26.2 Å². The number of fused-ring (bicyclic) bond motifs is 1. The lowest BCUT2D eigenvalue weighted by atomic mass is 10.2. The highest BCUT2D eigenvalue weighted by Gasteiger charge is 2.28. The van der Waals surface area contributed by atoms with E-state index in [0.29, 0.717) is 31.1 Å². The van der Waals surface area contributed by atoms with Crippen LogP contribution in [0.3, 0.4) is 0 Å². The van der Waals surface area contributed by atoms with E-state index in [0.717, 1.165) is 17.4 Å². The number of ether oxygens (including phenoxy) is 1. The third-order valence-electron chi connectivity index (χ3n) is 4.45. The van der Waals surface area contributed by atoms with E-state index in [1.165, 1.54) is 0 Å². The molecule has 3 heterocycles. The molecule has 1 saturated heterocycles. The summed E-state index contributed by atoms with van der Waals surface area (Å²) in [7, 11) is 0. The van der Waals surface area contributed by atoms with Gasteiger partial charge in [-0.15, -0.1) is 0 Å². The zero-order valence-corrected chi connectivity index (χ0v) is 13.8. The number of nitrogens with one attached hydrogen (secondary N) is 2. The maximum absolute atomic E-state index is 13.0. The minimum absolute atomic E-state index is 0.0116. The van der Waals surface area contributed by atoms with Crippen molar-refractivity contribution in [1.29, 1.82) is 0 Å². The number of aromatic nitrogens is 2. The number of carbonyl (C=O) groups excluding carboxylic acids is 1. The van der Waals surface area contributed by atoms with Gasteiger partial charge in [0, 0.05) is 36.7 Å². The first-order valence-electron chi connectivity index (χ1n) is 8.43. The van der Waals surface area contributed by atoms with Gasteiger partial charge in [-0.05, 0) is 24.3 Å². The molecule has 6 nitrogen and oxygen atoms in total. The molecule has 25 heavy (non-hydrogen) atoms. The first-order chi connectivity index (χ1) is 12.3. The smallest absolute Gasteiger partial charge is 0.270 e. The second-order valence-electron chi connectivity index (χ2n) is 6.13. The molecule has 1 unspecified atom stereocenters. The molecule has 6 heteroatoms. The first kappa shape index (κ1) is 15.7. The fraction of sp³-hybridized carbons (Fsp3) is 0.263. The van der Waals surface area contributed by atoms with E-state index < -0.39 is 0 Å². The summed E-state index contributed by atoms with van der Waals surface area (Å²) in [5, 5.41) is 4.38. The second-order valence-corrected chi connectivity index (χ2v) is 6.13. The lowest BCUT2D eigenvalue weighted by Gasteiger charge is -2.35. The number of pyridine rings is 1. The van der Waals surface area contributed by atoms with E-state index in [2.05, 4.69) is 15.3 Å².